The van der Waals surface area contributed by atoms with Gasteiger partial charge in [0.15, 0.2) is 0 Å². The summed E-state index contributed by atoms with van der Waals surface area (Å²) in [6, 6.07) is 93.4. The highest BCUT2D eigenvalue weighted by Gasteiger charge is 2.53. The molecule has 1 spiro atoms. The van der Waals surface area contributed by atoms with Gasteiger partial charge in [0.2, 0.25) is 0 Å². The van der Waals surface area contributed by atoms with Crippen molar-refractivity contribution < 1.29 is 13.2 Å². The molecule has 15 rings (SSSR count). The van der Waals surface area contributed by atoms with Crippen LogP contribution < -0.4 is 9.80 Å². The number of hydrogen-bond acceptors (Lipinski definition) is 3. The standard InChI is InChI=1S/C80H54F2N2O/c1-3-5-21-52(4-2)67-48-56(53-22-9-6-10-23-53)35-47-74(67)84(61-42-38-59(82)39-43-61)75-51-72-77(79-78(75)66-30-17-20-33-76(66)85-79)65-45-44-62(50-71(65)80(72)69-31-18-15-28-63(69)64-29-16-19-32-70(64)80)83(60-40-36-58(81)37-41-60)73-46-34-57(54-24-11-7-12-25-54)49-68(73)55-26-13-8-14-27-55/h3-51H,2H2,1H3/b5-3-,52-21+. The monoisotopic (exact) mass is 1100 g/mol. The summed E-state index contributed by atoms with van der Waals surface area (Å²) in [5.41, 5.74) is 22.7. The average molecular weight is 1100 g/mol. The molecule has 2 aliphatic rings. The summed E-state index contributed by atoms with van der Waals surface area (Å²) >= 11 is 0. The number of furan rings is 1. The van der Waals surface area contributed by atoms with Crippen LogP contribution in [0.5, 0.6) is 0 Å². The van der Waals surface area contributed by atoms with E-state index in [1.807, 2.05) is 79.7 Å². The van der Waals surface area contributed by atoms with Crippen LogP contribution in [-0.4, -0.2) is 0 Å². The maximum atomic E-state index is 15.5. The first-order valence-electron chi connectivity index (χ1n) is 28.8. The quantitative estimate of drug-likeness (QED) is 0.114. The van der Waals surface area contributed by atoms with Crippen molar-refractivity contribution in [3.05, 3.63) is 343 Å². The molecule has 0 aliphatic heterocycles. The highest BCUT2D eigenvalue weighted by Crippen LogP contribution is 2.66. The third-order valence-corrected chi connectivity index (χ3v) is 17.1. The first-order chi connectivity index (χ1) is 41.9. The molecular weight excluding hydrogens is 1040 g/mol. The third-order valence-electron chi connectivity index (χ3n) is 17.1. The SMILES string of the molecule is C=C/C(=C\C=C/C)c1cc(-c2ccccc2)ccc1N(c1ccc(F)cc1)c1cc2c(c3oc4ccccc4c13)-c1ccc(N(c3ccc(F)cc3)c3ccc(-c4ccccc4)cc3-c3ccccc3)cc1C21c2ccccc2-c2ccccc21. The summed E-state index contributed by atoms with van der Waals surface area (Å²) in [5, 5.41) is 1.86. The maximum Gasteiger partial charge on any atom is 0.145 e. The minimum absolute atomic E-state index is 0.317. The molecule has 0 saturated heterocycles. The molecule has 0 saturated carbocycles. The number of anilines is 6. The van der Waals surface area contributed by atoms with E-state index < -0.39 is 5.41 Å². The van der Waals surface area contributed by atoms with Crippen LogP contribution in [0.2, 0.25) is 0 Å². The Morgan fingerprint density at radius 2 is 0.965 bits per heavy atom. The van der Waals surface area contributed by atoms with Gasteiger partial charge in [0.05, 0.1) is 27.9 Å². The van der Waals surface area contributed by atoms with Crippen molar-refractivity contribution in [2.24, 2.45) is 0 Å². The summed E-state index contributed by atoms with van der Waals surface area (Å²) in [5.74, 6) is -0.652. The van der Waals surface area contributed by atoms with Crippen LogP contribution in [0.3, 0.4) is 0 Å². The molecule has 0 fully saturated rings. The predicted molar refractivity (Wildman–Crippen MR) is 349 cm³/mol. The van der Waals surface area contributed by atoms with Crippen molar-refractivity contribution >= 4 is 61.6 Å². The normalized spacial score (nSPS) is 12.8. The van der Waals surface area contributed by atoms with Crippen LogP contribution in [0.15, 0.2) is 308 Å². The Morgan fingerprint density at radius 3 is 1.59 bits per heavy atom. The molecule has 1 heterocycles. The highest BCUT2D eigenvalue weighted by molar-refractivity contribution is 6.20. The van der Waals surface area contributed by atoms with Gasteiger partial charge in [0.1, 0.15) is 22.8 Å². The van der Waals surface area contributed by atoms with Crippen molar-refractivity contribution in [3.8, 4) is 55.6 Å². The van der Waals surface area contributed by atoms with Crippen LogP contribution in [0, 0.1) is 11.6 Å². The molecule has 2 aliphatic carbocycles. The Bertz CT molecular complexity index is 4760. The van der Waals surface area contributed by atoms with Crippen LogP contribution in [0.25, 0.3) is 83.1 Å². The van der Waals surface area contributed by atoms with Gasteiger partial charge in [-0.2, -0.15) is 0 Å². The number of hydrogen-bond donors (Lipinski definition) is 0. The topological polar surface area (TPSA) is 19.6 Å². The zero-order valence-electron chi connectivity index (χ0n) is 46.6. The smallest absolute Gasteiger partial charge is 0.145 e. The third kappa shape index (κ3) is 8.30. The number of allylic oxidation sites excluding steroid dienone is 5. The van der Waals surface area contributed by atoms with Gasteiger partial charge in [0.25, 0.3) is 0 Å². The predicted octanol–water partition coefficient (Wildman–Crippen LogP) is 22.3. The van der Waals surface area contributed by atoms with Crippen LogP contribution in [0.4, 0.5) is 42.9 Å². The number of fused-ring (bicyclic) bond motifs is 14. The zero-order chi connectivity index (χ0) is 57.2. The van der Waals surface area contributed by atoms with Gasteiger partial charge < -0.3 is 14.2 Å². The summed E-state index contributed by atoms with van der Waals surface area (Å²) in [7, 11) is 0. The van der Waals surface area contributed by atoms with Crippen LogP contribution in [0.1, 0.15) is 34.7 Å². The Labute approximate surface area is 493 Å². The Balaban J connectivity index is 1.05. The fourth-order valence-corrected chi connectivity index (χ4v) is 13.4. The van der Waals surface area contributed by atoms with E-state index in [-0.39, 0.29) is 11.6 Å². The minimum Gasteiger partial charge on any atom is -0.455 e. The Kier molecular flexibility index (Phi) is 12.5. The average Bonchev–Trinajstić information content (AvgIpc) is 1.52. The first kappa shape index (κ1) is 51.0. The molecule has 5 heteroatoms. The summed E-state index contributed by atoms with van der Waals surface area (Å²) in [6.07, 6.45) is 8.07. The molecule has 0 bridgehead atoms. The lowest BCUT2D eigenvalue weighted by Gasteiger charge is -2.34. The molecule has 3 nitrogen and oxygen atoms in total. The molecule has 0 unspecified atom stereocenters. The van der Waals surface area contributed by atoms with Crippen molar-refractivity contribution in [1.82, 2.24) is 0 Å². The van der Waals surface area contributed by atoms with Gasteiger partial charge in [-0.15, -0.1) is 0 Å². The number of benzene rings is 12. The molecule has 0 atom stereocenters. The fraction of sp³-hybridized carbons (Fsp3) is 0.0250. The largest absolute Gasteiger partial charge is 0.455 e. The van der Waals surface area contributed by atoms with Gasteiger partial charge in [-0.3, -0.25) is 0 Å². The van der Waals surface area contributed by atoms with Crippen molar-refractivity contribution in [3.63, 3.8) is 0 Å². The van der Waals surface area contributed by atoms with E-state index in [4.69, 9.17) is 4.42 Å². The Hall–Kier alpha value is -10.9. The van der Waals surface area contributed by atoms with E-state index in [1.54, 1.807) is 12.1 Å². The van der Waals surface area contributed by atoms with E-state index in [0.717, 1.165) is 145 Å². The summed E-state index contributed by atoms with van der Waals surface area (Å²) < 4.78 is 38.1. The lowest BCUT2D eigenvalue weighted by atomic mass is 9.70. The molecule has 1 aromatic heterocycles. The first-order valence-corrected chi connectivity index (χ1v) is 28.8. The van der Waals surface area contributed by atoms with Crippen molar-refractivity contribution in [1.29, 1.82) is 0 Å². The molecule has 0 radical (unpaired) electrons. The lowest BCUT2D eigenvalue weighted by molar-refractivity contribution is 0.627. The van der Waals surface area contributed by atoms with E-state index >= 15 is 8.78 Å². The molecule has 12 aromatic carbocycles. The second kappa shape index (κ2) is 20.8. The van der Waals surface area contributed by atoms with Crippen LogP contribution in [-0.2, 0) is 5.41 Å². The number of halogens is 2. The second-order valence-electron chi connectivity index (χ2n) is 21.7. The van der Waals surface area contributed by atoms with Gasteiger partial charge in [-0.1, -0.05) is 207 Å². The highest BCUT2D eigenvalue weighted by atomic mass is 19.1. The molecule has 13 aromatic rings. The number of nitrogens with zero attached hydrogens (tertiary/aromatic N) is 2. The number of para-hydroxylation sites is 1. The maximum absolute atomic E-state index is 15.5. The molecular formula is C80H54F2N2O. The fourth-order valence-electron chi connectivity index (χ4n) is 13.4. The van der Waals surface area contributed by atoms with E-state index in [1.165, 1.54) is 12.1 Å². The Morgan fingerprint density at radius 1 is 0.424 bits per heavy atom. The van der Waals surface area contributed by atoms with Gasteiger partial charge >= 0.3 is 0 Å². The van der Waals surface area contributed by atoms with Gasteiger partial charge in [0, 0.05) is 39.1 Å². The van der Waals surface area contributed by atoms with Crippen molar-refractivity contribution in [2.45, 2.75) is 12.3 Å². The van der Waals surface area contributed by atoms with E-state index in [2.05, 4.69) is 217 Å². The van der Waals surface area contributed by atoms with Gasteiger partial charge in [-0.05, 0) is 176 Å². The van der Waals surface area contributed by atoms with Gasteiger partial charge in [-0.25, -0.2) is 8.78 Å². The molecule has 85 heavy (non-hydrogen) atoms. The molecule has 0 N–H and O–H groups in total. The summed E-state index contributed by atoms with van der Waals surface area (Å²) in [6.45, 7) is 6.40. The van der Waals surface area contributed by atoms with Crippen LogP contribution >= 0.6 is 0 Å². The second-order valence-corrected chi connectivity index (χ2v) is 21.7. The van der Waals surface area contributed by atoms with Crippen molar-refractivity contribution in [2.75, 3.05) is 9.80 Å². The number of rotatable bonds is 12. The molecule has 0 amide bonds. The zero-order valence-corrected chi connectivity index (χ0v) is 46.6. The summed E-state index contributed by atoms with van der Waals surface area (Å²) in [4.78, 5) is 4.56. The van der Waals surface area contributed by atoms with E-state index in [0.29, 0.717) is 0 Å². The molecule has 404 valence electrons. The minimum atomic E-state index is -0.907. The lowest BCUT2D eigenvalue weighted by Crippen LogP contribution is -2.26. The van der Waals surface area contributed by atoms with E-state index in [9.17, 15) is 0 Å².